The predicted octanol–water partition coefficient (Wildman–Crippen LogP) is 2.85. The van der Waals surface area contributed by atoms with Crippen LogP contribution in [0.4, 0.5) is 5.13 Å². The second-order valence-corrected chi connectivity index (χ2v) is 9.07. The number of rotatable bonds is 7. The van der Waals surface area contributed by atoms with Crippen LogP contribution in [0.2, 0.25) is 0 Å². The summed E-state index contributed by atoms with van der Waals surface area (Å²) in [5.74, 6) is 0.347. The number of sulfonamides is 1. The van der Waals surface area contributed by atoms with Crippen molar-refractivity contribution in [2.24, 2.45) is 0 Å². The lowest BCUT2D eigenvalue weighted by molar-refractivity contribution is -0.131. The van der Waals surface area contributed by atoms with Crippen molar-refractivity contribution in [3.8, 4) is 0 Å². The van der Waals surface area contributed by atoms with E-state index in [1.54, 1.807) is 12.1 Å². The molecule has 27 heavy (non-hydrogen) atoms. The van der Waals surface area contributed by atoms with Crippen LogP contribution in [-0.2, 0) is 27.7 Å². The fourth-order valence-corrected chi connectivity index (χ4v) is 4.86. The van der Waals surface area contributed by atoms with E-state index >= 15 is 0 Å². The van der Waals surface area contributed by atoms with Crippen molar-refractivity contribution >= 4 is 32.6 Å². The Morgan fingerprint density at radius 3 is 2.56 bits per heavy atom. The van der Waals surface area contributed by atoms with Crippen molar-refractivity contribution in [1.29, 1.82) is 0 Å². The highest BCUT2D eigenvalue weighted by Gasteiger charge is 2.20. The molecule has 0 saturated carbocycles. The van der Waals surface area contributed by atoms with E-state index in [2.05, 4.69) is 21.0 Å². The molecule has 3 rings (SSSR count). The van der Waals surface area contributed by atoms with Gasteiger partial charge in [-0.2, -0.15) is 4.37 Å². The van der Waals surface area contributed by atoms with Gasteiger partial charge in [-0.15, -0.1) is 0 Å². The number of aromatic nitrogens is 2. The summed E-state index contributed by atoms with van der Waals surface area (Å²) in [6.45, 7) is 3.63. The Hall–Kier alpha value is -2.00. The van der Waals surface area contributed by atoms with E-state index in [1.807, 2.05) is 17.0 Å². The van der Waals surface area contributed by atoms with Crippen LogP contribution in [-0.4, -0.2) is 41.7 Å². The summed E-state index contributed by atoms with van der Waals surface area (Å²) in [6, 6.07) is 6.83. The van der Waals surface area contributed by atoms with Crippen LogP contribution in [0.1, 0.15) is 44.0 Å². The summed E-state index contributed by atoms with van der Waals surface area (Å²) >= 11 is 0.949. The van der Waals surface area contributed by atoms with Crippen LogP contribution in [0.15, 0.2) is 29.2 Å². The number of piperidine rings is 1. The highest BCUT2D eigenvalue weighted by Crippen LogP contribution is 2.19. The predicted molar refractivity (Wildman–Crippen MR) is 105 cm³/mol. The smallest absolute Gasteiger partial charge is 0.263 e. The minimum atomic E-state index is -3.72. The molecule has 2 heterocycles. The molecule has 0 bridgehead atoms. The van der Waals surface area contributed by atoms with E-state index in [-0.39, 0.29) is 22.4 Å². The van der Waals surface area contributed by atoms with E-state index in [9.17, 15) is 13.2 Å². The van der Waals surface area contributed by atoms with E-state index in [4.69, 9.17) is 0 Å². The number of anilines is 1. The highest BCUT2D eigenvalue weighted by molar-refractivity contribution is 7.93. The van der Waals surface area contributed by atoms with Gasteiger partial charge in [0.05, 0.1) is 11.3 Å². The molecule has 1 saturated heterocycles. The maximum Gasteiger partial charge on any atom is 0.263 e. The van der Waals surface area contributed by atoms with Crippen LogP contribution in [0, 0.1) is 0 Å². The minimum absolute atomic E-state index is 0.00609. The van der Waals surface area contributed by atoms with Crippen molar-refractivity contribution in [1.82, 2.24) is 14.3 Å². The quantitative estimate of drug-likeness (QED) is 0.760. The van der Waals surface area contributed by atoms with Crippen LogP contribution in [0.3, 0.4) is 0 Å². The van der Waals surface area contributed by atoms with E-state index < -0.39 is 10.0 Å². The monoisotopic (exact) mass is 408 g/mol. The lowest BCUT2D eigenvalue weighted by Gasteiger charge is -2.26. The maximum absolute atomic E-state index is 12.5. The Labute approximate surface area is 164 Å². The molecule has 2 aromatic rings. The Morgan fingerprint density at radius 1 is 1.19 bits per heavy atom. The first-order valence-corrected chi connectivity index (χ1v) is 11.5. The number of likely N-dealkylation sites (tertiary alicyclic amines) is 1. The topological polar surface area (TPSA) is 92.3 Å². The fourth-order valence-electron chi connectivity index (χ4n) is 3.06. The van der Waals surface area contributed by atoms with Crippen molar-refractivity contribution in [3.05, 3.63) is 35.7 Å². The highest BCUT2D eigenvalue weighted by atomic mass is 32.2. The van der Waals surface area contributed by atoms with Gasteiger partial charge in [0, 0.05) is 24.6 Å². The van der Waals surface area contributed by atoms with Gasteiger partial charge in [-0.1, -0.05) is 25.5 Å². The zero-order valence-corrected chi connectivity index (χ0v) is 17.0. The molecule has 7 nitrogen and oxygen atoms in total. The molecule has 1 amide bonds. The number of carbonyl (C=O) groups is 1. The molecule has 0 radical (unpaired) electrons. The second kappa shape index (κ2) is 8.79. The Bertz CT molecular complexity index is 872. The normalized spacial score (nSPS) is 14.9. The number of nitrogens with zero attached hydrogens (tertiary/aromatic N) is 3. The summed E-state index contributed by atoms with van der Waals surface area (Å²) in [4.78, 5) is 18.5. The summed E-state index contributed by atoms with van der Waals surface area (Å²) < 4.78 is 31.6. The van der Waals surface area contributed by atoms with Gasteiger partial charge in [-0.05, 0) is 43.4 Å². The van der Waals surface area contributed by atoms with Crippen LogP contribution < -0.4 is 4.72 Å². The molecule has 146 valence electrons. The lowest BCUT2D eigenvalue weighted by Crippen LogP contribution is -2.36. The van der Waals surface area contributed by atoms with Crippen molar-refractivity contribution < 1.29 is 13.2 Å². The average molecular weight is 409 g/mol. The second-order valence-electron chi connectivity index (χ2n) is 6.63. The van der Waals surface area contributed by atoms with Crippen molar-refractivity contribution in [2.45, 2.75) is 50.3 Å². The molecule has 0 unspecified atom stereocenters. The molecule has 0 atom stereocenters. The molecular formula is C18H24N4O3S2. The standard InChI is InChI=1S/C18H24N4O3S2/c1-2-6-14-7-9-15(10-8-14)27(24,25)21-18-19-16(20-26-18)13-17(23)22-11-4-3-5-12-22/h7-10H,2-6,11-13H2,1H3,(H,19,20,21). The molecule has 1 fully saturated rings. The first-order chi connectivity index (χ1) is 13.0. The molecular weight excluding hydrogens is 384 g/mol. The third-order valence-corrected chi connectivity index (χ3v) is 6.63. The molecule has 0 aliphatic carbocycles. The molecule has 1 aliphatic rings. The number of carbonyl (C=O) groups excluding carboxylic acids is 1. The molecule has 1 aromatic carbocycles. The third-order valence-electron chi connectivity index (χ3n) is 4.48. The summed E-state index contributed by atoms with van der Waals surface area (Å²) in [7, 11) is -3.72. The fraction of sp³-hybridized carbons (Fsp3) is 0.500. The number of nitrogens with one attached hydrogen (secondary N) is 1. The number of amides is 1. The third kappa shape index (κ3) is 5.26. The number of hydrogen-bond donors (Lipinski definition) is 1. The SMILES string of the molecule is CCCc1ccc(S(=O)(=O)Nc2nc(CC(=O)N3CCCCC3)ns2)cc1. The Morgan fingerprint density at radius 2 is 1.89 bits per heavy atom. The van der Waals surface area contributed by atoms with Gasteiger partial charge in [0.1, 0.15) is 0 Å². The van der Waals surface area contributed by atoms with Gasteiger partial charge >= 0.3 is 0 Å². The van der Waals surface area contributed by atoms with Crippen molar-refractivity contribution in [3.63, 3.8) is 0 Å². The van der Waals surface area contributed by atoms with Gasteiger partial charge in [-0.3, -0.25) is 9.52 Å². The van der Waals surface area contributed by atoms with Gasteiger partial charge in [0.2, 0.25) is 11.0 Å². The zero-order valence-electron chi connectivity index (χ0n) is 15.3. The lowest BCUT2D eigenvalue weighted by atomic mass is 10.1. The number of benzene rings is 1. The van der Waals surface area contributed by atoms with Gasteiger partial charge in [0.25, 0.3) is 10.0 Å². The van der Waals surface area contributed by atoms with E-state index in [1.165, 1.54) is 0 Å². The minimum Gasteiger partial charge on any atom is -0.342 e. The average Bonchev–Trinajstić information content (AvgIpc) is 3.09. The summed E-state index contributed by atoms with van der Waals surface area (Å²) in [5.41, 5.74) is 1.10. The van der Waals surface area contributed by atoms with Crippen LogP contribution in [0.25, 0.3) is 0 Å². The van der Waals surface area contributed by atoms with Gasteiger partial charge < -0.3 is 4.90 Å². The Kier molecular flexibility index (Phi) is 6.43. The largest absolute Gasteiger partial charge is 0.342 e. The van der Waals surface area contributed by atoms with Crippen LogP contribution >= 0.6 is 11.5 Å². The first kappa shape index (κ1) is 19.8. The Balaban J connectivity index is 1.62. The molecule has 9 heteroatoms. The maximum atomic E-state index is 12.5. The first-order valence-electron chi connectivity index (χ1n) is 9.20. The molecule has 0 spiro atoms. The molecule has 1 aliphatic heterocycles. The van der Waals surface area contributed by atoms with E-state index in [0.29, 0.717) is 5.82 Å². The van der Waals surface area contributed by atoms with Gasteiger partial charge in [0.15, 0.2) is 5.82 Å². The number of hydrogen-bond acceptors (Lipinski definition) is 6. The molecule has 1 aromatic heterocycles. The van der Waals surface area contributed by atoms with Crippen LogP contribution in [0.5, 0.6) is 0 Å². The van der Waals surface area contributed by atoms with Crippen molar-refractivity contribution in [2.75, 3.05) is 17.8 Å². The number of aryl methyl sites for hydroxylation is 1. The van der Waals surface area contributed by atoms with Gasteiger partial charge in [-0.25, -0.2) is 13.4 Å². The summed E-state index contributed by atoms with van der Waals surface area (Å²) in [6.07, 6.45) is 5.23. The summed E-state index contributed by atoms with van der Waals surface area (Å²) in [5, 5.41) is 0.175. The van der Waals surface area contributed by atoms with E-state index in [0.717, 1.165) is 62.3 Å². The zero-order chi connectivity index (χ0) is 19.3. The molecule has 1 N–H and O–H groups in total.